The van der Waals surface area contributed by atoms with Crippen LogP contribution in [0.1, 0.15) is 19.4 Å². The van der Waals surface area contributed by atoms with Crippen LogP contribution in [0, 0.1) is 0 Å². The summed E-state index contributed by atoms with van der Waals surface area (Å²) in [6, 6.07) is 9.09. The lowest BCUT2D eigenvalue weighted by molar-refractivity contribution is -0.140. The topological polar surface area (TPSA) is 58.6 Å². The smallest absolute Gasteiger partial charge is 0.326 e. The Bertz CT molecular complexity index is 445. The molecule has 1 aromatic rings. The van der Waals surface area contributed by atoms with Crippen molar-refractivity contribution in [1.82, 2.24) is 10.2 Å². The maximum absolute atomic E-state index is 11.7. The Morgan fingerprint density at radius 1 is 1.28 bits per heavy atom. The van der Waals surface area contributed by atoms with E-state index >= 15 is 0 Å². The fourth-order valence-corrected chi connectivity index (χ4v) is 1.81. The van der Waals surface area contributed by atoms with Gasteiger partial charge in [0.05, 0.1) is 12.6 Å². The number of carbonyl (C=O) groups is 2. The van der Waals surface area contributed by atoms with Gasteiger partial charge in [0, 0.05) is 0 Å². The third-order valence-corrected chi connectivity index (χ3v) is 2.60. The van der Waals surface area contributed by atoms with Gasteiger partial charge in [-0.25, -0.2) is 4.79 Å². The normalized spacial score (nSPS) is 19.5. The van der Waals surface area contributed by atoms with Crippen molar-refractivity contribution < 1.29 is 14.3 Å². The van der Waals surface area contributed by atoms with E-state index in [1.165, 1.54) is 4.90 Å². The van der Waals surface area contributed by atoms with E-state index in [0.29, 0.717) is 6.54 Å². The summed E-state index contributed by atoms with van der Waals surface area (Å²) in [5.41, 5.74) is 0.958. The third-order valence-electron chi connectivity index (χ3n) is 2.60. The minimum absolute atomic E-state index is 0.120. The summed E-state index contributed by atoms with van der Waals surface area (Å²) < 4.78 is 5.47. The van der Waals surface area contributed by atoms with Gasteiger partial charge in [0.2, 0.25) is 6.23 Å². The van der Waals surface area contributed by atoms with Crippen LogP contribution in [-0.2, 0) is 16.1 Å². The first kappa shape index (κ1) is 12.6. The Kier molecular flexibility index (Phi) is 3.62. The van der Waals surface area contributed by atoms with Crippen LogP contribution in [0.2, 0.25) is 0 Å². The van der Waals surface area contributed by atoms with Gasteiger partial charge in [-0.2, -0.15) is 0 Å². The Labute approximate surface area is 106 Å². The monoisotopic (exact) mass is 248 g/mol. The molecule has 1 heterocycles. The number of hydrogen-bond donors (Lipinski definition) is 1. The molecule has 0 aromatic heterocycles. The third kappa shape index (κ3) is 2.68. The van der Waals surface area contributed by atoms with Crippen molar-refractivity contribution in [3.8, 4) is 0 Å². The van der Waals surface area contributed by atoms with E-state index in [2.05, 4.69) is 5.32 Å². The Hall–Kier alpha value is -1.88. The molecular weight excluding hydrogens is 232 g/mol. The Balaban J connectivity index is 2.13. The summed E-state index contributed by atoms with van der Waals surface area (Å²) in [6.07, 6.45) is -0.956. The molecule has 1 fully saturated rings. The second-order valence-corrected chi connectivity index (χ2v) is 4.45. The van der Waals surface area contributed by atoms with E-state index in [4.69, 9.17) is 4.74 Å². The molecule has 1 unspecified atom stereocenters. The van der Waals surface area contributed by atoms with E-state index in [1.807, 2.05) is 44.2 Å². The van der Waals surface area contributed by atoms with Crippen LogP contribution >= 0.6 is 0 Å². The summed E-state index contributed by atoms with van der Waals surface area (Å²) in [6.45, 7) is 4.02. The number of hydrogen-bond acceptors (Lipinski definition) is 3. The Morgan fingerprint density at radius 2 is 1.94 bits per heavy atom. The molecule has 1 aromatic carbocycles. The molecule has 1 N–H and O–H groups in total. The average Bonchev–Trinajstić information content (AvgIpc) is 2.57. The lowest BCUT2D eigenvalue weighted by Crippen LogP contribution is -2.38. The average molecular weight is 248 g/mol. The van der Waals surface area contributed by atoms with Gasteiger partial charge in [0.25, 0.3) is 5.91 Å². The number of urea groups is 1. The van der Waals surface area contributed by atoms with Crippen molar-refractivity contribution in [1.29, 1.82) is 0 Å². The molecule has 5 nitrogen and oxygen atoms in total. The van der Waals surface area contributed by atoms with Crippen LogP contribution < -0.4 is 5.32 Å². The molecule has 3 amide bonds. The van der Waals surface area contributed by atoms with Crippen LogP contribution in [0.25, 0.3) is 0 Å². The van der Waals surface area contributed by atoms with Gasteiger partial charge in [-0.15, -0.1) is 0 Å². The first-order valence-corrected chi connectivity index (χ1v) is 5.89. The predicted molar refractivity (Wildman–Crippen MR) is 65.5 cm³/mol. The number of ether oxygens (including phenoxy) is 1. The molecule has 5 heteroatoms. The zero-order chi connectivity index (χ0) is 13.1. The highest BCUT2D eigenvalue weighted by atomic mass is 16.5. The second kappa shape index (κ2) is 5.18. The number of amides is 3. The van der Waals surface area contributed by atoms with Crippen molar-refractivity contribution in [2.45, 2.75) is 32.7 Å². The van der Waals surface area contributed by atoms with Crippen LogP contribution in [0.15, 0.2) is 30.3 Å². The minimum atomic E-state index is -0.835. The maximum atomic E-state index is 11.7. The molecule has 0 radical (unpaired) electrons. The molecule has 0 bridgehead atoms. The van der Waals surface area contributed by atoms with Crippen LogP contribution in [-0.4, -0.2) is 29.2 Å². The van der Waals surface area contributed by atoms with Crippen molar-refractivity contribution >= 4 is 11.9 Å². The van der Waals surface area contributed by atoms with E-state index in [-0.39, 0.29) is 6.10 Å². The summed E-state index contributed by atoms with van der Waals surface area (Å²) in [4.78, 5) is 24.7. The zero-order valence-electron chi connectivity index (χ0n) is 10.4. The second-order valence-electron chi connectivity index (χ2n) is 4.45. The van der Waals surface area contributed by atoms with Crippen LogP contribution in [0.3, 0.4) is 0 Å². The van der Waals surface area contributed by atoms with Gasteiger partial charge in [-0.1, -0.05) is 30.3 Å². The van der Waals surface area contributed by atoms with Crippen molar-refractivity contribution in [3.05, 3.63) is 35.9 Å². The van der Waals surface area contributed by atoms with E-state index in [1.54, 1.807) is 0 Å². The highest BCUT2D eigenvalue weighted by molar-refractivity contribution is 6.03. The number of carbonyl (C=O) groups excluding carboxylic acids is 2. The van der Waals surface area contributed by atoms with E-state index in [0.717, 1.165) is 5.56 Å². The molecule has 2 rings (SSSR count). The first-order valence-electron chi connectivity index (χ1n) is 5.89. The van der Waals surface area contributed by atoms with Gasteiger partial charge >= 0.3 is 6.03 Å². The van der Waals surface area contributed by atoms with Gasteiger partial charge < -0.3 is 4.74 Å². The lowest BCUT2D eigenvalue weighted by atomic mass is 10.2. The highest BCUT2D eigenvalue weighted by Crippen LogP contribution is 2.16. The largest absolute Gasteiger partial charge is 0.347 e. The highest BCUT2D eigenvalue weighted by Gasteiger charge is 2.39. The van der Waals surface area contributed by atoms with Gasteiger partial charge in [0.1, 0.15) is 0 Å². The van der Waals surface area contributed by atoms with Crippen molar-refractivity contribution in [2.24, 2.45) is 0 Å². The number of imide groups is 1. The fraction of sp³-hybridized carbons (Fsp3) is 0.385. The zero-order valence-corrected chi connectivity index (χ0v) is 10.4. The quantitative estimate of drug-likeness (QED) is 0.821. The summed E-state index contributed by atoms with van der Waals surface area (Å²) in [7, 11) is 0. The molecule has 96 valence electrons. The molecule has 1 atom stereocenters. The standard InChI is InChI=1S/C13H16N2O3/c1-9(2)18-12-11(16)14-13(17)15(12)8-10-6-4-3-5-7-10/h3-7,9,12H,8H2,1-2H3,(H,14,16,17). The molecule has 0 spiro atoms. The van der Waals surface area contributed by atoms with Gasteiger partial charge in [-0.3, -0.25) is 15.0 Å². The molecular formula is C13H16N2O3. The molecule has 1 aliphatic heterocycles. The maximum Gasteiger partial charge on any atom is 0.326 e. The van der Waals surface area contributed by atoms with E-state index in [9.17, 15) is 9.59 Å². The predicted octanol–water partition coefficient (Wildman–Crippen LogP) is 1.49. The fourth-order valence-electron chi connectivity index (χ4n) is 1.81. The molecule has 1 saturated heterocycles. The summed E-state index contributed by atoms with van der Waals surface area (Å²) >= 11 is 0. The van der Waals surface area contributed by atoms with Gasteiger partial charge in [-0.05, 0) is 19.4 Å². The molecule has 0 aliphatic carbocycles. The summed E-state index contributed by atoms with van der Waals surface area (Å²) in [5.74, 6) is -0.398. The van der Waals surface area contributed by atoms with Crippen LogP contribution in [0.5, 0.6) is 0 Å². The number of benzene rings is 1. The summed E-state index contributed by atoms with van der Waals surface area (Å²) in [5, 5.41) is 2.27. The first-order chi connectivity index (χ1) is 8.58. The minimum Gasteiger partial charge on any atom is -0.347 e. The Morgan fingerprint density at radius 3 is 2.56 bits per heavy atom. The number of rotatable bonds is 4. The van der Waals surface area contributed by atoms with Crippen molar-refractivity contribution in [2.75, 3.05) is 0 Å². The van der Waals surface area contributed by atoms with Gasteiger partial charge in [0.15, 0.2) is 0 Å². The lowest BCUT2D eigenvalue weighted by Gasteiger charge is -2.23. The SMILES string of the molecule is CC(C)OC1C(=O)NC(=O)N1Cc1ccccc1. The number of nitrogens with zero attached hydrogens (tertiary/aromatic N) is 1. The van der Waals surface area contributed by atoms with Crippen molar-refractivity contribution in [3.63, 3.8) is 0 Å². The molecule has 18 heavy (non-hydrogen) atoms. The molecule has 0 saturated carbocycles. The van der Waals surface area contributed by atoms with E-state index < -0.39 is 18.2 Å². The molecule has 1 aliphatic rings. The van der Waals surface area contributed by atoms with Crippen LogP contribution in [0.4, 0.5) is 4.79 Å². The number of nitrogens with one attached hydrogen (secondary N) is 1.